The van der Waals surface area contributed by atoms with Crippen molar-refractivity contribution >= 4 is 26.8 Å². The summed E-state index contributed by atoms with van der Waals surface area (Å²) in [6, 6.07) is 9.46. The van der Waals surface area contributed by atoms with Crippen LogP contribution in [0.15, 0.2) is 50.5 Å². The first-order chi connectivity index (χ1) is 16.2. The Bertz CT molecular complexity index is 1400. The maximum atomic E-state index is 13.3. The third-order valence-electron chi connectivity index (χ3n) is 6.55. The lowest BCUT2D eigenvalue weighted by Gasteiger charge is -2.26. The second-order valence-electron chi connectivity index (χ2n) is 9.06. The fourth-order valence-electron chi connectivity index (χ4n) is 4.41. The van der Waals surface area contributed by atoms with E-state index in [-0.39, 0.29) is 30.1 Å². The molecule has 1 saturated heterocycles. The first-order valence-corrected chi connectivity index (χ1v) is 12.8. The van der Waals surface area contributed by atoms with Crippen LogP contribution in [0.25, 0.3) is 10.9 Å². The number of H-pyrrole nitrogens is 1. The van der Waals surface area contributed by atoms with Crippen molar-refractivity contribution in [3.63, 3.8) is 0 Å². The van der Waals surface area contributed by atoms with Gasteiger partial charge in [-0.25, -0.2) is 8.42 Å². The minimum absolute atomic E-state index is 0.0693. The van der Waals surface area contributed by atoms with Gasteiger partial charge >= 0.3 is 0 Å². The summed E-state index contributed by atoms with van der Waals surface area (Å²) >= 11 is 0. The van der Waals surface area contributed by atoms with E-state index in [1.807, 2.05) is 12.1 Å². The van der Waals surface area contributed by atoms with E-state index >= 15 is 0 Å². The second-order valence-corrected chi connectivity index (χ2v) is 11.0. The molecule has 1 aliphatic heterocycles. The number of hydrogen-bond acceptors (Lipinski definition) is 6. The normalized spacial score (nSPS) is 21.0. The van der Waals surface area contributed by atoms with E-state index < -0.39 is 21.5 Å². The second kappa shape index (κ2) is 8.68. The van der Waals surface area contributed by atoms with E-state index in [4.69, 9.17) is 9.15 Å². The molecule has 0 spiro atoms. The van der Waals surface area contributed by atoms with Crippen molar-refractivity contribution in [2.75, 3.05) is 33.4 Å². The molecule has 0 unspecified atom stereocenters. The fraction of sp³-hybridized carbons (Fsp3) is 0.417. The highest BCUT2D eigenvalue weighted by Gasteiger charge is 2.36. The molecule has 34 heavy (non-hydrogen) atoms. The molecule has 10 heteroatoms. The number of aromatic amines is 1. The van der Waals surface area contributed by atoms with Gasteiger partial charge in [-0.3, -0.25) is 9.59 Å². The van der Waals surface area contributed by atoms with Crippen molar-refractivity contribution in [1.82, 2.24) is 14.2 Å². The van der Waals surface area contributed by atoms with Gasteiger partial charge < -0.3 is 19.0 Å². The minimum Gasteiger partial charge on any atom is -0.464 e. The minimum atomic E-state index is -3.76. The van der Waals surface area contributed by atoms with E-state index in [2.05, 4.69) is 11.9 Å². The Labute approximate surface area is 197 Å². The van der Waals surface area contributed by atoms with E-state index in [9.17, 15) is 18.0 Å². The number of carbonyl (C=O) groups is 1. The topological polar surface area (TPSA) is 113 Å². The number of rotatable bonds is 6. The van der Waals surface area contributed by atoms with E-state index in [1.54, 1.807) is 7.05 Å². The van der Waals surface area contributed by atoms with Gasteiger partial charge in [-0.15, -0.1) is 0 Å². The van der Waals surface area contributed by atoms with Gasteiger partial charge in [0.2, 0.25) is 15.6 Å². The van der Waals surface area contributed by atoms with E-state index in [0.717, 1.165) is 12.2 Å². The monoisotopic (exact) mass is 485 g/mol. The summed E-state index contributed by atoms with van der Waals surface area (Å²) < 4.78 is 38.8. The van der Waals surface area contributed by atoms with Crippen LogP contribution in [0.5, 0.6) is 0 Å². The summed E-state index contributed by atoms with van der Waals surface area (Å²) in [5, 5.41) is 0.373. The van der Waals surface area contributed by atoms with Crippen LogP contribution in [-0.2, 0) is 21.3 Å². The van der Waals surface area contributed by atoms with Crippen LogP contribution in [0.1, 0.15) is 41.1 Å². The van der Waals surface area contributed by atoms with Crippen LogP contribution in [0.2, 0.25) is 0 Å². The smallest absolute Gasteiger partial charge is 0.254 e. The van der Waals surface area contributed by atoms with Crippen LogP contribution in [0.4, 0.5) is 0 Å². The molecule has 1 amide bonds. The maximum Gasteiger partial charge on any atom is 0.254 e. The number of fused-ring (bicyclic) bond motifs is 1. The Morgan fingerprint density at radius 1 is 1.18 bits per heavy atom. The summed E-state index contributed by atoms with van der Waals surface area (Å²) in [6.45, 7) is 3.62. The molecular weight excluding hydrogens is 458 g/mol. The number of ether oxygens (including phenoxy) is 1. The molecule has 1 aliphatic carbocycles. The third-order valence-corrected chi connectivity index (χ3v) is 8.44. The molecule has 3 aromatic rings. The largest absolute Gasteiger partial charge is 0.464 e. The summed E-state index contributed by atoms with van der Waals surface area (Å²) in [4.78, 5) is 29.8. The predicted octanol–water partition coefficient (Wildman–Crippen LogP) is 2.54. The number of aromatic nitrogens is 1. The molecule has 2 aliphatic rings. The van der Waals surface area contributed by atoms with Gasteiger partial charge in [0, 0.05) is 43.0 Å². The van der Waals surface area contributed by atoms with Gasteiger partial charge in [0.05, 0.1) is 30.2 Å². The average molecular weight is 486 g/mol. The van der Waals surface area contributed by atoms with Crippen molar-refractivity contribution < 1.29 is 22.4 Å². The predicted molar refractivity (Wildman–Crippen MR) is 125 cm³/mol. The third kappa shape index (κ3) is 4.28. The maximum absolute atomic E-state index is 13.3. The van der Waals surface area contributed by atoms with E-state index in [0.29, 0.717) is 41.7 Å². The number of carbonyl (C=O) groups excluding carboxylic acids is 1. The number of morpholine rings is 1. The van der Waals surface area contributed by atoms with Gasteiger partial charge in [0.1, 0.15) is 11.5 Å². The van der Waals surface area contributed by atoms with Crippen molar-refractivity contribution in [1.29, 1.82) is 0 Å². The molecule has 180 valence electrons. The first kappa shape index (κ1) is 22.8. The lowest BCUT2D eigenvalue weighted by atomic mass is 10.1. The molecule has 2 fully saturated rings. The van der Waals surface area contributed by atoms with Crippen LogP contribution < -0.4 is 5.56 Å². The summed E-state index contributed by atoms with van der Waals surface area (Å²) in [6.07, 6.45) is 1.11. The molecule has 1 saturated carbocycles. The fourth-order valence-corrected chi connectivity index (χ4v) is 5.85. The molecule has 0 bridgehead atoms. The van der Waals surface area contributed by atoms with Crippen LogP contribution in [-0.4, -0.2) is 61.9 Å². The van der Waals surface area contributed by atoms with Crippen LogP contribution in [0, 0.1) is 5.92 Å². The Morgan fingerprint density at radius 3 is 2.62 bits per heavy atom. The van der Waals surface area contributed by atoms with Crippen LogP contribution >= 0.6 is 0 Å². The van der Waals surface area contributed by atoms with Gasteiger partial charge in [0.15, 0.2) is 0 Å². The quantitative estimate of drug-likeness (QED) is 0.574. The molecule has 5 rings (SSSR count). The van der Waals surface area contributed by atoms with Crippen molar-refractivity contribution in [2.45, 2.75) is 30.7 Å². The molecule has 2 aromatic heterocycles. The number of sulfonamides is 1. The van der Waals surface area contributed by atoms with Gasteiger partial charge in [-0.1, -0.05) is 6.92 Å². The van der Waals surface area contributed by atoms with Crippen molar-refractivity contribution in [3.05, 3.63) is 63.8 Å². The molecule has 1 N–H and O–H groups in total. The van der Waals surface area contributed by atoms with Gasteiger partial charge in [-0.05, 0) is 42.7 Å². The first-order valence-electron chi connectivity index (χ1n) is 11.3. The number of nitrogens with zero attached hydrogens (tertiary/aromatic N) is 2. The zero-order valence-corrected chi connectivity index (χ0v) is 19.9. The average Bonchev–Trinajstić information content (AvgIpc) is 3.38. The van der Waals surface area contributed by atoms with Crippen molar-refractivity contribution in [3.8, 4) is 0 Å². The number of benzene rings is 1. The van der Waals surface area contributed by atoms with Crippen molar-refractivity contribution in [2.24, 2.45) is 5.92 Å². The molecule has 2 atom stereocenters. The number of pyridine rings is 1. The van der Waals surface area contributed by atoms with Gasteiger partial charge in [0.25, 0.3) is 5.91 Å². The summed E-state index contributed by atoms with van der Waals surface area (Å²) in [5.41, 5.74) is 0.104. The lowest BCUT2D eigenvalue weighted by molar-refractivity contribution is 0.0730. The van der Waals surface area contributed by atoms with Gasteiger partial charge in [-0.2, -0.15) is 4.31 Å². The zero-order chi connectivity index (χ0) is 24.0. The summed E-state index contributed by atoms with van der Waals surface area (Å²) in [5.74, 6) is 2.26. The highest BCUT2D eigenvalue weighted by atomic mass is 32.2. The Morgan fingerprint density at radius 2 is 1.91 bits per heavy atom. The zero-order valence-electron chi connectivity index (χ0n) is 19.1. The highest BCUT2D eigenvalue weighted by molar-refractivity contribution is 7.89. The lowest BCUT2D eigenvalue weighted by Crippen LogP contribution is -2.40. The standard InChI is InChI=1S/C24H27N3O6S/c1-15-11-18(15)22-6-3-16(33-22)14-26(2)24(29)20-13-23(28)25-21-5-4-17(12-19(20)21)34(30,31)27-7-9-32-10-8-27/h3-6,12-13,15,18H,7-11,14H2,1-2H3,(H,25,28)/t15-,18-/m1/s1. The number of furan rings is 1. The molecular formula is C24H27N3O6S. The SMILES string of the molecule is C[C@@H]1C[C@H]1c1ccc(CN(C)C(=O)c2cc(=O)[nH]c3ccc(S(=O)(=O)N4CCOCC4)cc23)o1. The molecule has 9 nitrogen and oxygen atoms in total. The van der Waals surface area contributed by atoms with Crippen LogP contribution in [0.3, 0.4) is 0 Å². The summed E-state index contributed by atoms with van der Waals surface area (Å²) in [7, 11) is -2.13. The highest BCUT2D eigenvalue weighted by Crippen LogP contribution is 2.47. The molecule has 1 aromatic carbocycles. The molecule has 0 radical (unpaired) electrons. The van der Waals surface area contributed by atoms with E-state index in [1.165, 1.54) is 33.5 Å². The Hall–Kier alpha value is -2.95. The number of hydrogen-bond donors (Lipinski definition) is 1. The number of nitrogens with one attached hydrogen (secondary N) is 1. The number of amides is 1. The Balaban J connectivity index is 1.45. The molecule has 3 heterocycles. The Kier molecular flexibility index (Phi) is 5.83.